The van der Waals surface area contributed by atoms with Crippen LogP contribution in [0.25, 0.3) is 0 Å². The zero-order valence-corrected chi connectivity index (χ0v) is 18.1. The van der Waals surface area contributed by atoms with Gasteiger partial charge in [-0.2, -0.15) is 0 Å². The summed E-state index contributed by atoms with van der Waals surface area (Å²) in [6.45, 7) is 1.75. The summed E-state index contributed by atoms with van der Waals surface area (Å²) >= 11 is 6.21. The number of nitrogens with one attached hydrogen (secondary N) is 2. The molecule has 3 rings (SSSR count). The third-order valence-electron chi connectivity index (χ3n) is 4.37. The summed E-state index contributed by atoms with van der Waals surface area (Å²) in [4.78, 5) is 24.9. The van der Waals surface area contributed by atoms with E-state index in [1.165, 1.54) is 54.6 Å². The summed E-state index contributed by atoms with van der Waals surface area (Å²) in [7, 11) is -3.46. The molecule has 6 nitrogen and oxygen atoms in total. The van der Waals surface area contributed by atoms with Crippen LogP contribution in [-0.4, -0.2) is 26.5 Å². The fraction of sp³-hybridized carbons (Fsp3) is 0.0909. The molecule has 0 unspecified atom stereocenters. The Kier molecular flexibility index (Phi) is 6.42. The Balaban J connectivity index is 1.76. The molecule has 0 heterocycles. The molecular weight excluding hydrogens is 443 g/mol. The molecule has 0 fully saturated rings. The molecule has 3 aromatic carbocycles. The minimum absolute atomic E-state index is 0.0210. The number of benzene rings is 3. The van der Waals surface area contributed by atoms with E-state index in [2.05, 4.69) is 10.6 Å². The van der Waals surface area contributed by atoms with Gasteiger partial charge >= 0.3 is 0 Å². The summed E-state index contributed by atoms with van der Waals surface area (Å²) in [6.07, 6.45) is 1.05. The average molecular weight is 461 g/mol. The first-order valence-electron chi connectivity index (χ1n) is 9.03. The van der Waals surface area contributed by atoms with E-state index in [1.54, 1.807) is 13.0 Å². The second-order valence-electron chi connectivity index (χ2n) is 6.89. The lowest BCUT2D eigenvalue weighted by atomic mass is 10.1. The van der Waals surface area contributed by atoms with Crippen LogP contribution in [0.4, 0.5) is 15.8 Å². The lowest BCUT2D eigenvalue weighted by Crippen LogP contribution is -2.15. The highest BCUT2D eigenvalue weighted by atomic mass is 35.5. The van der Waals surface area contributed by atoms with Gasteiger partial charge in [0.1, 0.15) is 5.82 Å². The second-order valence-corrected chi connectivity index (χ2v) is 9.31. The van der Waals surface area contributed by atoms with Gasteiger partial charge in [0.2, 0.25) is 0 Å². The molecule has 0 aliphatic carbocycles. The summed E-state index contributed by atoms with van der Waals surface area (Å²) in [5.74, 6) is -1.83. The predicted octanol–water partition coefficient (Wildman–Crippen LogP) is 4.70. The highest BCUT2D eigenvalue weighted by molar-refractivity contribution is 7.90. The number of amides is 2. The lowest BCUT2D eigenvalue weighted by Gasteiger charge is -2.11. The largest absolute Gasteiger partial charge is 0.322 e. The van der Waals surface area contributed by atoms with E-state index in [9.17, 15) is 22.4 Å². The maximum atomic E-state index is 13.9. The van der Waals surface area contributed by atoms with Gasteiger partial charge in [-0.3, -0.25) is 9.59 Å². The summed E-state index contributed by atoms with van der Waals surface area (Å²) in [5, 5.41) is 5.29. The minimum atomic E-state index is -3.46. The zero-order valence-electron chi connectivity index (χ0n) is 16.6. The third-order valence-corrected chi connectivity index (χ3v) is 5.79. The molecular formula is C22H18ClFN2O4S. The van der Waals surface area contributed by atoms with Crippen molar-refractivity contribution in [3.05, 3.63) is 88.2 Å². The average Bonchev–Trinajstić information content (AvgIpc) is 2.71. The van der Waals surface area contributed by atoms with E-state index in [0.717, 1.165) is 11.8 Å². The number of sulfone groups is 1. The fourth-order valence-corrected chi connectivity index (χ4v) is 3.66. The van der Waals surface area contributed by atoms with E-state index in [0.29, 0.717) is 5.69 Å². The number of carbonyl (C=O) groups excluding carboxylic acids is 2. The maximum Gasteiger partial charge on any atom is 0.258 e. The van der Waals surface area contributed by atoms with Gasteiger partial charge in [0.05, 0.1) is 21.2 Å². The SMILES string of the molecule is Cc1ccc(F)c(C(=O)Nc2ccc(NC(=O)c3cccc(S(C)(=O)=O)c3)c(Cl)c2)c1. The van der Waals surface area contributed by atoms with Crippen molar-refractivity contribution in [1.29, 1.82) is 0 Å². The van der Waals surface area contributed by atoms with Crippen LogP contribution in [0.2, 0.25) is 5.02 Å². The van der Waals surface area contributed by atoms with E-state index < -0.39 is 27.5 Å². The van der Waals surface area contributed by atoms with Crippen LogP contribution in [-0.2, 0) is 9.84 Å². The Hall–Kier alpha value is -3.23. The number of carbonyl (C=O) groups is 2. The molecule has 0 atom stereocenters. The van der Waals surface area contributed by atoms with Gasteiger partial charge in [-0.25, -0.2) is 12.8 Å². The molecule has 0 spiro atoms. The van der Waals surface area contributed by atoms with Crippen LogP contribution in [0.3, 0.4) is 0 Å². The van der Waals surface area contributed by atoms with E-state index in [-0.39, 0.29) is 26.7 Å². The van der Waals surface area contributed by atoms with Crippen molar-refractivity contribution in [3.63, 3.8) is 0 Å². The maximum absolute atomic E-state index is 13.9. The van der Waals surface area contributed by atoms with Crippen LogP contribution in [0.15, 0.2) is 65.6 Å². The van der Waals surface area contributed by atoms with Gasteiger partial charge in [-0.15, -0.1) is 0 Å². The number of halogens is 2. The monoisotopic (exact) mass is 460 g/mol. The van der Waals surface area contributed by atoms with Crippen molar-refractivity contribution < 1.29 is 22.4 Å². The molecule has 0 aromatic heterocycles. The summed E-state index contributed by atoms with van der Waals surface area (Å²) < 4.78 is 37.3. The second kappa shape index (κ2) is 8.87. The Labute approximate surface area is 184 Å². The number of rotatable bonds is 5. The van der Waals surface area contributed by atoms with Crippen molar-refractivity contribution in [2.45, 2.75) is 11.8 Å². The van der Waals surface area contributed by atoms with Crippen molar-refractivity contribution in [2.75, 3.05) is 16.9 Å². The quantitative estimate of drug-likeness (QED) is 0.577. The highest BCUT2D eigenvalue weighted by Crippen LogP contribution is 2.27. The van der Waals surface area contributed by atoms with Crippen molar-refractivity contribution in [1.82, 2.24) is 0 Å². The molecule has 0 saturated carbocycles. The first-order valence-corrected chi connectivity index (χ1v) is 11.3. The van der Waals surface area contributed by atoms with Gasteiger partial charge in [0, 0.05) is 17.5 Å². The first kappa shape index (κ1) is 22.5. The Morgan fingerprint density at radius 1 is 0.935 bits per heavy atom. The molecule has 160 valence electrons. The smallest absolute Gasteiger partial charge is 0.258 e. The molecule has 3 aromatic rings. The molecule has 0 saturated heterocycles. The molecule has 9 heteroatoms. The van der Waals surface area contributed by atoms with Gasteiger partial charge in [0.15, 0.2) is 9.84 Å². The van der Waals surface area contributed by atoms with Gasteiger partial charge in [0.25, 0.3) is 11.8 Å². The van der Waals surface area contributed by atoms with Crippen LogP contribution >= 0.6 is 11.6 Å². The number of aryl methyl sites for hydroxylation is 1. The molecule has 2 N–H and O–H groups in total. The van der Waals surface area contributed by atoms with Crippen LogP contribution in [0.5, 0.6) is 0 Å². The fourth-order valence-electron chi connectivity index (χ4n) is 2.77. The minimum Gasteiger partial charge on any atom is -0.322 e. The zero-order chi connectivity index (χ0) is 22.8. The topological polar surface area (TPSA) is 92.3 Å². The summed E-state index contributed by atoms with van der Waals surface area (Å²) in [6, 6.07) is 14.2. The third kappa shape index (κ3) is 5.48. The van der Waals surface area contributed by atoms with Crippen molar-refractivity contribution >= 4 is 44.6 Å². The van der Waals surface area contributed by atoms with E-state index >= 15 is 0 Å². The molecule has 2 amide bonds. The standard InChI is InChI=1S/C22H18ClFN2O4S/c1-13-6-8-19(24)17(10-13)22(28)25-15-7-9-20(18(23)12-15)26-21(27)14-4-3-5-16(11-14)31(2,29)30/h3-12H,1-2H3,(H,25,28)(H,26,27). The van der Waals surface area contributed by atoms with E-state index in [1.807, 2.05) is 0 Å². The Morgan fingerprint density at radius 3 is 2.35 bits per heavy atom. The van der Waals surface area contributed by atoms with Gasteiger partial charge in [-0.05, 0) is 55.5 Å². The normalized spacial score (nSPS) is 11.1. The number of hydrogen-bond donors (Lipinski definition) is 2. The molecule has 0 radical (unpaired) electrons. The predicted molar refractivity (Wildman–Crippen MR) is 118 cm³/mol. The van der Waals surface area contributed by atoms with Crippen LogP contribution < -0.4 is 10.6 Å². The molecule has 0 bridgehead atoms. The molecule has 31 heavy (non-hydrogen) atoms. The molecule has 0 aliphatic heterocycles. The first-order chi connectivity index (χ1) is 14.5. The number of hydrogen-bond acceptors (Lipinski definition) is 4. The highest BCUT2D eigenvalue weighted by Gasteiger charge is 2.15. The van der Waals surface area contributed by atoms with Crippen molar-refractivity contribution in [3.8, 4) is 0 Å². The Bertz CT molecular complexity index is 1290. The van der Waals surface area contributed by atoms with Crippen molar-refractivity contribution in [2.24, 2.45) is 0 Å². The number of anilines is 2. The van der Waals surface area contributed by atoms with Gasteiger partial charge in [-0.1, -0.05) is 29.3 Å². The molecule has 0 aliphatic rings. The van der Waals surface area contributed by atoms with E-state index in [4.69, 9.17) is 11.6 Å². The van der Waals surface area contributed by atoms with Crippen LogP contribution in [0, 0.1) is 12.7 Å². The van der Waals surface area contributed by atoms with Crippen LogP contribution in [0.1, 0.15) is 26.3 Å². The lowest BCUT2D eigenvalue weighted by molar-refractivity contribution is 0.101. The Morgan fingerprint density at radius 2 is 1.68 bits per heavy atom. The summed E-state index contributed by atoms with van der Waals surface area (Å²) in [5.41, 5.74) is 1.36. The van der Waals surface area contributed by atoms with Gasteiger partial charge < -0.3 is 10.6 Å².